The van der Waals surface area contributed by atoms with E-state index >= 15 is 0 Å². The van der Waals surface area contributed by atoms with E-state index in [9.17, 15) is 22.8 Å². The van der Waals surface area contributed by atoms with E-state index in [1.807, 2.05) is 26.0 Å². The van der Waals surface area contributed by atoms with Gasteiger partial charge in [0.05, 0.1) is 24.9 Å². The predicted molar refractivity (Wildman–Crippen MR) is 97.3 cm³/mol. The molecule has 3 rings (SSSR count). The second-order valence-corrected chi connectivity index (χ2v) is 6.42. The number of benzene rings is 2. The van der Waals surface area contributed by atoms with Crippen LogP contribution in [0, 0.1) is 31.3 Å². The number of hydrogen-bond acceptors (Lipinski definition) is 3. The molecule has 0 saturated carbocycles. The fourth-order valence-corrected chi connectivity index (χ4v) is 2.70. The van der Waals surface area contributed by atoms with Crippen LogP contribution in [0.1, 0.15) is 16.7 Å². The smallest absolute Gasteiger partial charge is 0.243 e. The summed E-state index contributed by atoms with van der Waals surface area (Å²) < 4.78 is 45.1. The number of rotatable bonds is 5. The van der Waals surface area contributed by atoms with Crippen molar-refractivity contribution in [2.75, 3.05) is 11.9 Å². The van der Waals surface area contributed by atoms with Gasteiger partial charge >= 0.3 is 0 Å². The van der Waals surface area contributed by atoms with Gasteiger partial charge in [-0.15, -0.1) is 0 Å². The Bertz CT molecular complexity index is 1080. The summed E-state index contributed by atoms with van der Waals surface area (Å²) in [6.07, 6.45) is 1.47. The van der Waals surface area contributed by atoms with Gasteiger partial charge in [-0.1, -0.05) is 0 Å². The molecule has 5 nitrogen and oxygen atoms in total. The van der Waals surface area contributed by atoms with E-state index in [-0.39, 0.29) is 6.42 Å². The van der Waals surface area contributed by atoms with Crippen LogP contribution >= 0.6 is 0 Å². The first-order chi connectivity index (χ1) is 13.3. The van der Waals surface area contributed by atoms with Crippen molar-refractivity contribution in [3.8, 4) is 0 Å². The Kier molecular flexibility index (Phi) is 5.39. The molecule has 1 heterocycles. The number of carbonyl (C=O) groups excluding carboxylic acids is 2. The van der Waals surface area contributed by atoms with Crippen LogP contribution < -0.4 is 10.6 Å². The lowest BCUT2D eigenvalue weighted by atomic mass is 10.0. The summed E-state index contributed by atoms with van der Waals surface area (Å²) >= 11 is 0. The van der Waals surface area contributed by atoms with E-state index in [2.05, 4.69) is 10.6 Å². The maximum Gasteiger partial charge on any atom is 0.243 e. The summed E-state index contributed by atoms with van der Waals surface area (Å²) in [7, 11) is 0. The van der Waals surface area contributed by atoms with Crippen molar-refractivity contribution in [3.05, 3.63) is 64.7 Å². The Morgan fingerprint density at radius 1 is 1.00 bits per heavy atom. The topological polar surface area (TPSA) is 71.3 Å². The fraction of sp³-hybridized carbons (Fsp3) is 0.200. The minimum absolute atomic E-state index is 0.0116. The van der Waals surface area contributed by atoms with E-state index in [0.717, 1.165) is 22.6 Å². The zero-order valence-electron chi connectivity index (χ0n) is 15.2. The van der Waals surface area contributed by atoms with Crippen molar-refractivity contribution in [3.63, 3.8) is 0 Å². The number of fused-ring (bicyclic) bond motifs is 1. The van der Waals surface area contributed by atoms with Crippen LogP contribution in [-0.4, -0.2) is 18.4 Å². The lowest BCUT2D eigenvalue weighted by Gasteiger charge is -2.08. The number of anilines is 1. The molecule has 3 aromatic rings. The number of carbonyl (C=O) groups is 2. The molecule has 0 atom stereocenters. The zero-order valence-corrected chi connectivity index (χ0v) is 15.2. The van der Waals surface area contributed by atoms with Gasteiger partial charge < -0.3 is 15.1 Å². The first-order valence-corrected chi connectivity index (χ1v) is 8.43. The minimum Gasteiger partial charge on any atom is -0.464 e. The van der Waals surface area contributed by atoms with Crippen molar-refractivity contribution in [2.24, 2.45) is 0 Å². The highest BCUT2D eigenvalue weighted by Gasteiger charge is 2.16. The molecule has 0 aliphatic carbocycles. The van der Waals surface area contributed by atoms with Crippen LogP contribution in [0.2, 0.25) is 0 Å². The first kappa shape index (κ1) is 19.5. The Labute approximate surface area is 158 Å². The Hall–Kier alpha value is -3.29. The summed E-state index contributed by atoms with van der Waals surface area (Å²) in [6.45, 7) is 3.46. The summed E-state index contributed by atoms with van der Waals surface area (Å²) in [6, 6.07) is 5.40. The van der Waals surface area contributed by atoms with Crippen molar-refractivity contribution >= 4 is 28.5 Å². The van der Waals surface area contributed by atoms with Crippen LogP contribution in [0.3, 0.4) is 0 Å². The molecule has 146 valence electrons. The van der Waals surface area contributed by atoms with Crippen LogP contribution in [0.25, 0.3) is 11.0 Å². The van der Waals surface area contributed by atoms with Gasteiger partial charge in [-0.2, -0.15) is 0 Å². The third kappa shape index (κ3) is 4.00. The maximum absolute atomic E-state index is 13.6. The summed E-state index contributed by atoms with van der Waals surface area (Å²) in [5.74, 6) is -5.76. The SMILES string of the molecule is Cc1cc2occ(CC(=O)NCC(=O)Nc3ccc(F)c(F)c3F)c2cc1C. The molecule has 2 aromatic carbocycles. The lowest BCUT2D eigenvalue weighted by Crippen LogP contribution is -2.34. The minimum atomic E-state index is -1.68. The second-order valence-electron chi connectivity index (χ2n) is 6.42. The van der Waals surface area contributed by atoms with Gasteiger partial charge in [-0.3, -0.25) is 9.59 Å². The van der Waals surface area contributed by atoms with Crippen LogP contribution in [0.5, 0.6) is 0 Å². The van der Waals surface area contributed by atoms with E-state index in [0.29, 0.717) is 17.2 Å². The van der Waals surface area contributed by atoms with Crippen molar-refractivity contribution in [1.82, 2.24) is 5.32 Å². The van der Waals surface area contributed by atoms with Gasteiger partial charge in [-0.05, 0) is 49.2 Å². The zero-order chi connectivity index (χ0) is 20.4. The molecule has 0 radical (unpaired) electrons. The highest BCUT2D eigenvalue weighted by molar-refractivity contribution is 5.95. The largest absolute Gasteiger partial charge is 0.464 e. The lowest BCUT2D eigenvalue weighted by molar-refractivity contribution is -0.123. The van der Waals surface area contributed by atoms with Gasteiger partial charge in [0.15, 0.2) is 17.5 Å². The number of nitrogens with one attached hydrogen (secondary N) is 2. The molecule has 28 heavy (non-hydrogen) atoms. The van der Waals surface area contributed by atoms with Crippen molar-refractivity contribution in [2.45, 2.75) is 20.3 Å². The molecule has 0 bridgehead atoms. The molecule has 0 saturated heterocycles. The molecule has 8 heteroatoms. The maximum atomic E-state index is 13.6. The van der Waals surface area contributed by atoms with Gasteiger partial charge in [0, 0.05) is 10.9 Å². The Balaban J connectivity index is 1.59. The third-order valence-electron chi connectivity index (χ3n) is 4.38. The molecular formula is C20H17F3N2O3. The molecule has 0 fully saturated rings. The number of furan rings is 1. The quantitative estimate of drug-likeness (QED) is 0.652. The molecule has 2 N–H and O–H groups in total. The second kappa shape index (κ2) is 7.75. The summed E-state index contributed by atoms with van der Waals surface area (Å²) in [4.78, 5) is 23.9. The van der Waals surface area contributed by atoms with E-state index in [4.69, 9.17) is 4.42 Å². The third-order valence-corrected chi connectivity index (χ3v) is 4.38. The van der Waals surface area contributed by atoms with Crippen molar-refractivity contribution < 1.29 is 27.2 Å². The van der Waals surface area contributed by atoms with Crippen LogP contribution in [0.15, 0.2) is 34.9 Å². The predicted octanol–water partition coefficient (Wildman–Crippen LogP) is 3.76. The molecule has 0 unspecified atom stereocenters. The van der Waals surface area contributed by atoms with Gasteiger partial charge in [0.1, 0.15) is 5.58 Å². The summed E-state index contributed by atoms with van der Waals surface area (Å²) in [5, 5.41) is 5.29. The molecule has 0 aliphatic heterocycles. The van der Waals surface area contributed by atoms with Crippen molar-refractivity contribution in [1.29, 1.82) is 0 Å². The van der Waals surface area contributed by atoms with Gasteiger partial charge in [0.25, 0.3) is 0 Å². The van der Waals surface area contributed by atoms with Crippen LogP contribution in [-0.2, 0) is 16.0 Å². The van der Waals surface area contributed by atoms with Crippen LogP contribution in [0.4, 0.5) is 18.9 Å². The summed E-state index contributed by atoms with van der Waals surface area (Å²) in [5.41, 5.74) is 2.95. The first-order valence-electron chi connectivity index (χ1n) is 8.43. The molecule has 2 amide bonds. The highest BCUT2D eigenvalue weighted by Crippen LogP contribution is 2.25. The highest BCUT2D eigenvalue weighted by atomic mass is 19.2. The molecule has 1 aromatic heterocycles. The van der Waals surface area contributed by atoms with Gasteiger partial charge in [-0.25, -0.2) is 13.2 Å². The standard InChI is InChI=1S/C20H17F3N2O3/c1-10-5-13-12(9-28-16(13)6-11(10)2)7-17(26)24-8-18(27)25-15-4-3-14(21)19(22)20(15)23/h3-6,9H,7-8H2,1-2H3,(H,24,26)(H,25,27). The van der Waals surface area contributed by atoms with E-state index < -0.39 is 41.5 Å². The van der Waals surface area contributed by atoms with Gasteiger partial charge in [0.2, 0.25) is 11.8 Å². The van der Waals surface area contributed by atoms with E-state index in [1.165, 1.54) is 6.26 Å². The Morgan fingerprint density at radius 3 is 2.46 bits per heavy atom. The molecular weight excluding hydrogens is 373 g/mol. The van der Waals surface area contributed by atoms with E-state index in [1.54, 1.807) is 0 Å². The Morgan fingerprint density at radius 2 is 1.71 bits per heavy atom. The number of amides is 2. The average Bonchev–Trinajstić information content (AvgIpc) is 3.02. The number of aryl methyl sites for hydroxylation is 2. The average molecular weight is 390 g/mol. The monoisotopic (exact) mass is 390 g/mol. The normalized spacial score (nSPS) is 10.9. The number of halogens is 3. The molecule has 0 spiro atoms. The molecule has 0 aliphatic rings. The fourth-order valence-electron chi connectivity index (χ4n) is 2.70. The number of hydrogen-bond donors (Lipinski definition) is 2.